The molecule has 0 bridgehead atoms. The Hall–Kier alpha value is -1.44. The van der Waals surface area contributed by atoms with E-state index in [2.05, 4.69) is 19.1 Å². The first-order chi connectivity index (χ1) is 7.97. The van der Waals surface area contributed by atoms with Crippen LogP contribution in [0.1, 0.15) is 37.8 Å². The van der Waals surface area contributed by atoms with Crippen molar-refractivity contribution in [3.8, 4) is 0 Å². The first-order valence-electron chi connectivity index (χ1n) is 5.82. The molecule has 1 aliphatic carbocycles. The van der Waals surface area contributed by atoms with E-state index in [9.17, 15) is 8.78 Å². The standard InChI is InChI=1S/C15H16F2/c1-11-3-5-12(6-4-11)13-7-9-14(10-8-13)15(2,16)17/h3,5,7-10H,4,6H2,1-2H3. The summed E-state index contributed by atoms with van der Waals surface area (Å²) in [7, 11) is 0. The van der Waals surface area contributed by atoms with Gasteiger partial charge in [-0.2, -0.15) is 0 Å². The van der Waals surface area contributed by atoms with Gasteiger partial charge in [0.15, 0.2) is 0 Å². The molecule has 0 nitrogen and oxygen atoms in total. The van der Waals surface area contributed by atoms with Crippen molar-refractivity contribution in [2.24, 2.45) is 0 Å². The van der Waals surface area contributed by atoms with Crippen LogP contribution in [0.3, 0.4) is 0 Å². The highest BCUT2D eigenvalue weighted by Gasteiger charge is 2.23. The van der Waals surface area contributed by atoms with E-state index in [0.29, 0.717) is 0 Å². The normalized spacial score (nSPS) is 16.5. The van der Waals surface area contributed by atoms with Crippen LogP contribution in [0.15, 0.2) is 42.0 Å². The van der Waals surface area contributed by atoms with E-state index in [4.69, 9.17) is 0 Å². The van der Waals surface area contributed by atoms with Crippen LogP contribution in [0, 0.1) is 0 Å². The maximum atomic E-state index is 13.1. The first-order valence-corrected chi connectivity index (χ1v) is 5.82. The molecule has 0 heterocycles. The third-order valence-corrected chi connectivity index (χ3v) is 3.12. The van der Waals surface area contributed by atoms with Crippen LogP contribution in [0.2, 0.25) is 0 Å². The summed E-state index contributed by atoms with van der Waals surface area (Å²) in [6.45, 7) is 3.03. The van der Waals surface area contributed by atoms with E-state index in [1.165, 1.54) is 23.3 Å². The van der Waals surface area contributed by atoms with Crippen molar-refractivity contribution in [2.45, 2.75) is 32.6 Å². The summed E-state index contributed by atoms with van der Waals surface area (Å²) in [6.07, 6.45) is 6.22. The lowest BCUT2D eigenvalue weighted by atomic mass is 9.93. The molecule has 0 spiro atoms. The second-order valence-electron chi connectivity index (χ2n) is 4.67. The molecule has 0 fully saturated rings. The SMILES string of the molecule is CC1=CC=C(c2ccc(C(C)(F)F)cc2)CC1. The zero-order valence-electron chi connectivity index (χ0n) is 10.1. The Bertz CT molecular complexity index is 459. The molecule has 1 aromatic rings. The molecule has 0 aliphatic heterocycles. The number of hydrogen-bond acceptors (Lipinski definition) is 0. The van der Waals surface area contributed by atoms with Gasteiger partial charge < -0.3 is 0 Å². The Morgan fingerprint density at radius 1 is 1.00 bits per heavy atom. The molecule has 0 radical (unpaired) electrons. The maximum Gasteiger partial charge on any atom is 0.270 e. The average Bonchev–Trinajstić information content (AvgIpc) is 2.29. The van der Waals surface area contributed by atoms with Gasteiger partial charge in [0, 0.05) is 12.5 Å². The molecule has 2 rings (SSSR count). The molecular weight excluding hydrogens is 218 g/mol. The lowest BCUT2D eigenvalue weighted by Gasteiger charge is -2.14. The predicted octanol–water partition coefficient (Wildman–Crippen LogP) is 4.92. The van der Waals surface area contributed by atoms with E-state index >= 15 is 0 Å². The number of benzene rings is 1. The second kappa shape index (κ2) is 4.44. The van der Waals surface area contributed by atoms with Crippen molar-refractivity contribution in [3.05, 3.63) is 53.1 Å². The number of alkyl halides is 2. The van der Waals surface area contributed by atoms with Gasteiger partial charge in [0.25, 0.3) is 5.92 Å². The molecule has 0 aromatic heterocycles. The van der Waals surface area contributed by atoms with Gasteiger partial charge in [0.05, 0.1) is 0 Å². The van der Waals surface area contributed by atoms with Crippen molar-refractivity contribution in [2.75, 3.05) is 0 Å². The van der Waals surface area contributed by atoms with Gasteiger partial charge in [-0.1, -0.05) is 42.0 Å². The second-order valence-corrected chi connectivity index (χ2v) is 4.67. The molecule has 2 heteroatoms. The molecule has 0 N–H and O–H groups in total. The topological polar surface area (TPSA) is 0 Å². The van der Waals surface area contributed by atoms with Crippen LogP contribution in [0.5, 0.6) is 0 Å². The Morgan fingerprint density at radius 3 is 2.12 bits per heavy atom. The lowest BCUT2D eigenvalue weighted by molar-refractivity contribution is 0.0175. The summed E-state index contributed by atoms with van der Waals surface area (Å²) in [6, 6.07) is 6.60. The monoisotopic (exact) mass is 234 g/mol. The summed E-state index contributed by atoms with van der Waals surface area (Å²) in [4.78, 5) is 0. The average molecular weight is 234 g/mol. The maximum absolute atomic E-state index is 13.1. The Kier molecular flexibility index (Phi) is 3.14. The van der Waals surface area contributed by atoms with Gasteiger partial charge in [-0.15, -0.1) is 0 Å². The zero-order valence-corrected chi connectivity index (χ0v) is 10.1. The Labute approximate surface area is 101 Å². The molecule has 0 saturated carbocycles. The number of allylic oxidation sites excluding steroid dienone is 4. The van der Waals surface area contributed by atoms with Crippen molar-refractivity contribution >= 4 is 5.57 Å². The highest BCUT2D eigenvalue weighted by atomic mass is 19.3. The minimum absolute atomic E-state index is 0.0735. The van der Waals surface area contributed by atoms with Crippen LogP contribution < -0.4 is 0 Å². The van der Waals surface area contributed by atoms with Crippen molar-refractivity contribution in [1.29, 1.82) is 0 Å². The lowest BCUT2D eigenvalue weighted by Crippen LogP contribution is -2.06. The summed E-state index contributed by atoms with van der Waals surface area (Å²) in [5.74, 6) is -2.75. The van der Waals surface area contributed by atoms with Crippen molar-refractivity contribution in [3.63, 3.8) is 0 Å². The van der Waals surface area contributed by atoms with Crippen LogP contribution in [-0.2, 0) is 5.92 Å². The number of halogens is 2. The molecule has 90 valence electrons. The fourth-order valence-electron chi connectivity index (χ4n) is 1.96. The van der Waals surface area contributed by atoms with E-state index in [1.54, 1.807) is 12.1 Å². The predicted molar refractivity (Wildman–Crippen MR) is 67.0 cm³/mol. The number of rotatable bonds is 2. The van der Waals surface area contributed by atoms with E-state index in [-0.39, 0.29) is 5.56 Å². The minimum atomic E-state index is -2.75. The molecule has 1 aliphatic rings. The Balaban J connectivity index is 2.25. The van der Waals surface area contributed by atoms with Gasteiger partial charge in [-0.3, -0.25) is 0 Å². The summed E-state index contributed by atoms with van der Waals surface area (Å²) in [5, 5.41) is 0. The largest absolute Gasteiger partial charge is 0.270 e. The summed E-state index contributed by atoms with van der Waals surface area (Å²) in [5.41, 5.74) is 3.71. The quantitative estimate of drug-likeness (QED) is 0.681. The Morgan fingerprint density at radius 2 is 1.65 bits per heavy atom. The van der Waals surface area contributed by atoms with Gasteiger partial charge in [-0.25, -0.2) is 8.78 Å². The highest BCUT2D eigenvalue weighted by molar-refractivity contribution is 5.68. The van der Waals surface area contributed by atoms with Crippen LogP contribution in [0.4, 0.5) is 8.78 Å². The molecule has 17 heavy (non-hydrogen) atoms. The van der Waals surface area contributed by atoms with Crippen LogP contribution in [-0.4, -0.2) is 0 Å². The van der Waals surface area contributed by atoms with Crippen LogP contribution in [0.25, 0.3) is 5.57 Å². The fourth-order valence-corrected chi connectivity index (χ4v) is 1.96. The van der Waals surface area contributed by atoms with Crippen LogP contribution >= 0.6 is 0 Å². The smallest absolute Gasteiger partial charge is 0.202 e. The molecular formula is C15H16F2. The van der Waals surface area contributed by atoms with Gasteiger partial charge in [0.2, 0.25) is 0 Å². The zero-order chi connectivity index (χ0) is 12.5. The van der Waals surface area contributed by atoms with Crippen molar-refractivity contribution < 1.29 is 8.78 Å². The van der Waals surface area contributed by atoms with Gasteiger partial charge in [-0.05, 0) is 30.9 Å². The molecule has 0 saturated heterocycles. The van der Waals surface area contributed by atoms with Crippen molar-refractivity contribution in [1.82, 2.24) is 0 Å². The van der Waals surface area contributed by atoms with E-state index < -0.39 is 5.92 Å². The fraction of sp³-hybridized carbons (Fsp3) is 0.333. The number of hydrogen-bond donors (Lipinski definition) is 0. The molecule has 0 unspecified atom stereocenters. The van der Waals surface area contributed by atoms with E-state index in [0.717, 1.165) is 25.3 Å². The van der Waals surface area contributed by atoms with Gasteiger partial charge >= 0.3 is 0 Å². The third kappa shape index (κ3) is 2.82. The summed E-state index contributed by atoms with van der Waals surface area (Å²) >= 11 is 0. The van der Waals surface area contributed by atoms with Gasteiger partial charge in [0.1, 0.15) is 0 Å². The highest BCUT2D eigenvalue weighted by Crippen LogP contribution is 2.30. The molecule has 1 aromatic carbocycles. The summed E-state index contributed by atoms with van der Waals surface area (Å²) < 4.78 is 26.1. The minimum Gasteiger partial charge on any atom is -0.202 e. The van der Waals surface area contributed by atoms with E-state index in [1.807, 2.05) is 0 Å². The molecule has 0 atom stereocenters. The third-order valence-electron chi connectivity index (χ3n) is 3.12. The molecule has 0 amide bonds. The first kappa shape index (κ1) is 12.0.